The van der Waals surface area contributed by atoms with Gasteiger partial charge in [0, 0.05) is 0 Å². The van der Waals surface area contributed by atoms with Crippen molar-refractivity contribution in [2.75, 3.05) is 6.61 Å². The van der Waals surface area contributed by atoms with E-state index in [-0.39, 0.29) is 0 Å². The predicted molar refractivity (Wildman–Crippen MR) is 29.2 cm³/mol. The fraction of sp³-hybridized carbons (Fsp3) is 0.667. The number of hydrogen-bond donors (Lipinski definition) is 0. The van der Waals surface area contributed by atoms with Crippen LogP contribution in [-0.4, -0.2) is 12.7 Å². The highest BCUT2D eigenvalue weighted by Gasteiger charge is 2.20. The minimum atomic E-state index is 0.581. The topological polar surface area (TPSA) is 12.5 Å². The smallest absolute Gasteiger partial charge is 0.0812 e. The van der Waals surface area contributed by atoms with Crippen molar-refractivity contribution in [2.24, 2.45) is 0 Å². The van der Waals surface area contributed by atoms with Gasteiger partial charge >= 0.3 is 0 Å². The van der Waals surface area contributed by atoms with Gasteiger partial charge in [-0.2, -0.15) is 0 Å². The molecule has 1 atom stereocenters. The Morgan fingerprint density at radius 1 is 1.86 bits per heavy atom. The van der Waals surface area contributed by atoms with Crippen LogP contribution in [0.2, 0.25) is 0 Å². The zero-order valence-electron chi connectivity index (χ0n) is 4.39. The van der Waals surface area contributed by atoms with Crippen LogP contribution in [-0.2, 0) is 4.74 Å². The molecule has 1 heterocycles. The minimum absolute atomic E-state index is 0.581. The molecule has 0 spiro atoms. The Kier molecular flexibility index (Phi) is 1.47. The molecule has 0 saturated carbocycles. The normalized spacial score (nSPS) is 27.1. The third-order valence-electron chi connectivity index (χ3n) is 1.10. The maximum atomic E-state index is 4.96. The molecule has 7 heavy (non-hydrogen) atoms. The summed E-state index contributed by atoms with van der Waals surface area (Å²) in [6.07, 6.45) is 4.79. The van der Waals surface area contributed by atoms with Crippen LogP contribution in [0.1, 0.15) is 12.8 Å². The lowest BCUT2D eigenvalue weighted by Crippen LogP contribution is -1.79. The Morgan fingerprint density at radius 2 is 2.57 bits per heavy atom. The van der Waals surface area contributed by atoms with E-state index >= 15 is 0 Å². The van der Waals surface area contributed by atoms with Gasteiger partial charge in [-0.15, -0.1) is 6.58 Å². The van der Waals surface area contributed by atoms with Gasteiger partial charge in [0.25, 0.3) is 0 Å². The molecule has 1 rings (SSSR count). The molecule has 0 bridgehead atoms. The van der Waals surface area contributed by atoms with E-state index in [0.717, 1.165) is 13.0 Å². The van der Waals surface area contributed by atoms with Crippen molar-refractivity contribution < 1.29 is 4.74 Å². The first-order valence-electron chi connectivity index (χ1n) is 2.66. The van der Waals surface area contributed by atoms with Gasteiger partial charge in [0.15, 0.2) is 0 Å². The minimum Gasteiger partial charge on any atom is -0.373 e. The van der Waals surface area contributed by atoms with Crippen LogP contribution in [0.5, 0.6) is 0 Å². The maximum Gasteiger partial charge on any atom is 0.0812 e. The Bertz CT molecular complexity index is 64.6. The first-order valence-corrected chi connectivity index (χ1v) is 2.66. The predicted octanol–water partition coefficient (Wildman–Crippen LogP) is 1.35. The second kappa shape index (κ2) is 2.12. The number of ether oxygens (including phenoxy) is 1. The summed E-state index contributed by atoms with van der Waals surface area (Å²) in [7, 11) is 0. The molecule has 0 aromatic rings. The summed E-state index contributed by atoms with van der Waals surface area (Å²) >= 11 is 0. The average molecular weight is 98.1 g/mol. The second-order valence-electron chi connectivity index (χ2n) is 1.82. The fourth-order valence-corrected chi connectivity index (χ4v) is 0.538. The summed E-state index contributed by atoms with van der Waals surface area (Å²) in [6, 6.07) is 0. The lowest BCUT2D eigenvalue weighted by atomic mass is 10.2. The summed E-state index contributed by atoms with van der Waals surface area (Å²) < 4.78 is 4.96. The Labute approximate surface area is 44.0 Å². The van der Waals surface area contributed by atoms with Crippen molar-refractivity contribution in [3.8, 4) is 0 Å². The molecule has 40 valence electrons. The van der Waals surface area contributed by atoms with Gasteiger partial charge in [-0.1, -0.05) is 6.08 Å². The molecule has 1 saturated heterocycles. The lowest BCUT2D eigenvalue weighted by Gasteiger charge is -1.82. The van der Waals surface area contributed by atoms with Gasteiger partial charge in [0.1, 0.15) is 0 Å². The first kappa shape index (κ1) is 4.85. The first-order chi connectivity index (χ1) is 3.43. The molecule has 0 radical (unpaired) electrons. The SMILES string of the molecule is C=CCC[C@H]1CO1. The Balaban J connectivity index is 1.88. The van der Waals surface area contributed by atoms with Gasteiger partial charge in [-0.25, -0.2) is 0 Å². The molecular formula is C6H10O. The molecule has 1 heteroatoms. The summed E-state index contributed by atoms with van der Waals surface area (Å²) in [5.41, 5.74) is 0. The number of allylic oxidation sites excluding steroid dienone is 1. The largest absolute Gasteiger partial charge is 0.373 e. The van der Waals surface area contributed by atoms with Crippen molar-refractivity contribution in [1.82, 2.24) is 0 Å². The highest BCUT2D eigenvalue weighted by atomic mass is 16.6. The van der Waals surface area contributed by atoms with Crippen LogP contribution in [0.4, 0.5) is 0 Å². The van der Waals surface area contributed by atoms with Crippen LogP contribution in [0.15, 0.2) is 12.7 Å². The van der Waals surface area contributed by atoms with Gasteiger partial charge in [-0.05, 0) is 12.8 Å². The zero-order valence-corrected chi connectivity index (χ0v) is 4.39. The van der Waals surface area contributed by atoms with Crippen LogP contribution < -0.4 is 0 Å². The van der Waals surface area contributed by atoms with E-state index in [2.05, 4.69) is 6.58 Å². The van der Waals surface area contributed by atoms with Crippen LogP contribution in [0.3, 0.4) is 0 Å². The highest BCUT2D eigenvalue weighted by molar-refractivity contribution is 4.75. The van der Waals surface area contributed by atoms with Crippen molar-refractivity contribution in [2.45, 2.75) is 18.9 Å². The number of rotatable bonds is 3. The zero-order chi connectivity index (χ0) is 5.11. The monoisotopic (exact) mass is 98.1 g/mol. The van der Waals surface area contributed by atoms with Crippen LogP contribution in [0.25, 0.3) is 0 Å². The average Bonchev–Trinajstić information content (AvgIpc) is 2.42. The van der Waals surface area contributed by atoms with E-state index < -0.39 is 0 Å². The van der Waals surface area contributed by atoms with E-state index in [9.17, 15) is 0 Å². The van der Waals surface area contributed by atoms with Crippen molar-refractivity contribution >= 4 is 0 Å². The molecule has 0 N–H and O–H groups in total. The third-order valence-corrected chi connectivity index (χ3v) is 1.10. The molecule has 0 aromatic carbocycles. The van der Waals surface area contributed by atoms with Crippen LogP contribution >= 0.6 is 0 Å². The van der Waals surface area contributed by atoms with Gasteiger partial charge < -0.3 is 4.74 Å². The van der Waals surface area contributed by atoms with Crippen LogP contribution in [0, 0.1) is 0 Å². The quantitative estimate of drug-likeness (QED) is 0.383. The molecule has 1 fully saturated rings. The van der Waals surface area contributed by atoms with E-state index in [1.807, 2.05) is 6.08 Å². The molecule has 1 nitrogen and oxygen atoms in total. The summed E-state index contributed by atoms with van der Waals surface area (Å²) in [6.45, 7) is 4.58. The van der Waals surface area contributed by atoms with Crippen molar-refractivity contribution in [3.63, 3.8) is 0 Å². The number of epoxide rings is 1. The lowest BCUT2D eigenvalue weighted by molar-refractivity contribution is 0.398. The Hall–Kier alpha value is -0.300. The summed E-state index contributed by atoms with van der Waals surface area (Å²) in [5.74, 6) is 0. The summed E-state index contributed by atoms with van der Waals surface area (Å²) in [5, 5.41) is 0. The van der Waals surface area contributed by atoms with Gasteiger partial charge in [-0.3, -0.25) is 0 Å². The molecule has 1 aliphatic rings. The molecule has 0 unspecified atom stereocenters. The number of hydrogen-bond acceptors (Lipinski definition) is 1. The molecule has 0 amide bonds. The van der Waals surface area contributed by atoms with Crippen molar-refractivity contribution in [1.29, 1.82) is 0 Å². The molecule has 0 aliphatic carbocycles. The van der Waals surface area contributed by atoms with Gasteiger partial charge in [0.2, 0.25) is 0 Å². The third kappa shape index (κ3) is 1.74. The maximum absolute atomic E-state index is 4.96. The van der Waals surface area contributed by atoms with E-state index in [0.29, 0.717) is 6.10 Å². The summed E-state index contributed by atoms with van der Waals surface area (Å²) in [4.78, 5) is 0. The van der Waals surface area contributed by atoms with Crippen molar-refractivity contribution in [3.05, 3.63) is 12.7 Å². The van der Waals surface area contributed by atoms with E-state index in [1.165, 1.54) is 6.42 Å². The fourth-order valence-electron chi connectivity index (χ4n) is 0.538. The van der Waals surface area contributed by atoms with Gasteiger partial charge in [0.05, 0.1) is 12.7 Å². The van der Waals surface area contributed by atoms with E-state index in [4.69, 9.17) is 4.74 Å². The standard InChI is InChI=1S/C6H10O/c1-2-3-4-6-5-7-6/h2,6H,1,3-5H2/t6-/m0/s1. The van der Waals surface area contributed by atoms with E-state index in [1.54, 1.807) is 0 Å². The highest BCUT2D eigenvalue weighted by Crippen LogP contribution is 2.14. The molecular weight excluding hydrogens is 88.1 g/mol. The molecule has 0 aromatic heterocycles. The second-order valence-corrected chi connectivity index (χ2v) is 1.82. The Morgan fingerprint density at radius 3 is 3.00 bits per heavy atom. The molecule has 1 aliphatic heterocycles.